The molecule has 1 aromatic heterocycles. The second kappa shape index (κ2) is 6.37. The maximum Gasteiger partial charge on any atom is 0.125 e. The van der Waals surface area contributed by atoms with Gasteiger partial charge in [0.1, 0.15) is 5.82 Å². The topological polar surface area (TPSA) is 29.9 Å². The summed E-state index contributed by atoms with van der Waals surface area (Å²) in [5.41, 5.74) is 0. The first-order chi connectivity index (χ1) is 8.66. The van der Waals surface area contributed by atoms with Crippen molar-refractivity contribution in [1.29, 1.82) is 0 Å². The van der Waals surface area contributed by atoms with Gasteiger partial charge >= 0.3 is 0 Å². The van der Waals surface area contributed by atoms with E-state index in [4.69, 9.17) is 0 Å². The summed E-state index contributed by atoms with van der Waals surface area (Å²) in [5, 5.41) is 3.60. The van der Waals surface area contributed by atoms with Crippen LogP contribution in [0.3, 0.4) is 0 Å². The van der Waals surface area contributed by atoms with Gasteiger partial charge in [-0.2, -0.15) is 0 Å². The Labute approximate surface area is 111 Å². The fourth-order valence-electron chi connectivity index (χ4n) is 3.01. The van der Waals surface area contributed by atoms with Crippen LogP contribution in [0.25, 0.3) is 0 Å². The van der Waals surface area contributed by atoms with Crippen molar-refractivity contribution in [1.82, 2.24) is 14.9 Å². The molecule has 1 aromatic rings. The molecule has 3 heteroatoms. The van der Waals surface area contributed by atoms with Crippen LogP contribution in [0.2, 0.25) is 0 Å². The highest BCUT2D eigenvalue weighted by molar-refractivity contribution is 4.96. The van der Waals surface area contributed by atoms with E-state index in [1.54, 1.807) is 0 Å². The Morgan fingerprint density at radius 2 is 2.11 bits per heavy atom. The van der Waals surface area contributed by atoms with Gasteiger partial charge in [-0.05, 0) is 31.7 Å². The lowest BCUT2D eigenvalue weighted by molar-refractivity contribution is 0.272. The summed E-state index contributed by atoms with van der Waals surface area (Å²) in [6, 6.07) is 0.354. The summed E-state index contributed by atoms with van der Waals surface area (Å²) < 4.78 is 2.10. The first-order valence-electron chi connectivity index (χ1n) is 7.37. The number of aryl methyl sites for hydroxylation is 1. The third kappa shape index (κ3) is 3.58. The molecule has 1 N–H and O–H groups in total. The van der Waals surface area contributed by atoms with E-state index in [2.05, 4.69) is 35.8 Å². The van der Waals surface area contributed by atoms with Gasteiger partial charge in [0.05, 0.1) is 6.04 Å². The van der Waals surface area contributed by atoms with Crippen LogP contribution in [0.1, 0.15) is 57.8 Å². The van der Waals surface area contributed by atoms with Crippen LogP contribution in [-0.4, -0.2) is 16.1 Å². The molecule has 0 aliphatic heterocycles. The minimum Gasteiger partial charge on any atom is -0.337 e. The average molecular weight is 249 g/mol. The van der Waals surface area contributed by atoms with E-state index < -0.39 is 0 Å². The van der Waals surface area contributed by atoms with Crippen molar-refractivity contribution in [2.75, 3.05) is 6.54 Å². The van der Waals surface area contributed by atoms with Gasteiger partial charge < -0.3 is 9.88 Å². The van der Waals surface area contributed by atoms with Gasteiger partial charge in [0, 0.05) is 19.4 Å². The van der Waals surface area contributed by atoms with Crippen LogP contribution in [0.15, 0.2) is 12.4 Å². The summed E-state index contributed by atoms with van der Waals surface area (Å²) >= 11 is 0. The van der Waals surface area contributed by atoms with Crippen LogP contribution in [0.4, 0.5) is 0 Å². The number of hydrogen-bond donors (Lipinski definition) is 1. The van der Waals surface area contributed by atoms with Gasteiger partial charge in [-0.3, -0.25) is 0 Å². The van der Waals surface area contributed by atoms with E-state index in [1.807, 2.05) is 12.4 Å². The molecule has 1 fully saturated rings. The number of imidazole rings is 1. The summed E-state index contributed by atoms with van der Waals surface area (Å²) in [6.45, 7) is 5.70. The fourth-order valence-corrected chi connectivity index (χ4v) is 3.01. The van der Waals surface area contributed by atoms with Gasteiger partial charge in [-0.25, -0.2) is 4.98 Å². The lowest BCUT2D eigenvalue weighted by Gasteiger charge is -2.26. The zero-order valence-corrected chi connectivity index (χ0v) is 12.0. The number of aromatic nitrogens is 2. The van der Waals surface area contributed by atoms with Gasteiger partial charge in [0.2, 0.25) is 0 Å². The van der Waals surface area contributed by atoms with Crippen LogP contribution < -0.4 is 5.32 Å². The Hall–Kier alpha value is -0.830. The minimum absolute atomic E-state index is 0.354. The molecule has 102 valence electrons. The highest BCUT2D eigenvalue weighted by Crippen LogP contribution is 2.30. The van der Waals surface area contributed by atoms with Crippen LogP contribution in [0, 0.1) is 11.8 Å². The van der Waals surface area contributed by atoms with Crippen LogP contribution in [0.5, 0.6) is 0 Å². The number of nitrogens with zero attached hydrogens (tertiary/aromatic N) is 2. The zero-order valence-electron chi connectivity index (χ0n) is 12.0. The summed E-state index contributed by atoms with van der Waals surface area (Å²) in [6.07, 6.45) is 10.9. The first kappa shape index (κ1) is 13.6. The molecule has 2 rings (SSSR count). The van der Waals surface area contributed by atoms with E-state index in [-0.39, 0.29) is 0 Å². The summed E-state index contributed by atoms with van der Waals surface area (Å²) in [4.78, 5) is 4.39. The number of rotatable bonds is 5. The second-order valence-corrected chi connectivity index (χ2v) is 5.99. The molecule has 1 unspecified atom stereocenters. The molecule has 0 amide bonds. The maximum absolute atomic E-state index is 4.39. The van der Waals surface area contributed by atoms with Gasteiger partial charge in [0.25, 0.3) is 0 Å². The smallest absolute Gasteiger partial charge is 0.125 e. The Kier molecular flexibility index (Phi) is 4.81. The molecule has 1 atom stereocenters. The number of nitrogens with one attached hydrogen (secondary N) is 1. The summed E-state index contributed by atoms with van der Waals surface area (Å²) in [7, 11) is 2.06. The van der Waals surface area contributed by atoms with Crippen molar-refractivity contribution in [2.45, 2.75) is 52.0 Å². The van der Waals surface area contributed by atoms with Crippen molar-refractivity contribution < 1.29 is 0 Å². The normalized spacial score (nSPS) is 26.2. The second-order valence-electron chi connectivity index (χ2n) is 5.99. The van der Waals surface area contributed by atoms with Crippen LogP contribution >= 0.6 is 0 Å². The Balaban J connectivity index is 1.68. The van der Waals surface area contributed by atoms with Crippen molar-refractivity contribution in [3.8, 4) is 0 Å². The van der Waals surface area contributed by atoms with E-state index in [9.17, 15) is 0 Å². The fraction of sp³-hybridized carbons (Fsp3) is 0.800. The number of hydrogen-bond acceptors (Lipinski definition) is 2. The lowest BCUT2D eigenvalue weighted by Crippen LogP contribution is -2.25. The summed E-state index contributed by atoms with van der Waals surface area (Å²) in [5.74, 6) is 3.04. The monoisotopic (exact) mass is 249 g/mol. The molecule has 1 aliphatic rings. The van der Waals surface area contributed by atoms with E-state index in [1.165, 1.54) is 32.1 Å². The molecule has 1 heterocycles. The van der Waals surface area contributed by atoms with E-state index in [0.29, 0.717) is 6.04 Å². The quantitative estimate of drug-likeness (QED) is 0.868. The molecule has 0 saturated heterocycles. The van der Waals surface area contributed by atoms with E-state index >= 15 is 0 Å². The predicted molar refractivity (Wildman–Crippen MR) is 75.4 cm³/mol. The third-order valence-corrected chi connectivity index (χ3v) is 4.38. The lowest BCUT2D eigenvalue weighted by atomic mass is 9.81. The van der Waals surface area contributed by atoms with Gasteiger partial charge in [-0.1, -0.05) is 32.6 Å². The highest BCUT2D eigenvalue weighted by Gasteiger charge is 2.18. The highest BCUT2D eigenvalue weighted by atomic mass is 15.1. The van der Waals surface area contributed by atoms with Gasteiger partial charge in [-0.15, -0.1) is 0 Å². The van der Waals surface area contributed by atoms with Crippen LogP contribution in [-0.2, 0) is 7.05 Å². The molecule has 0 radical (unpaired) electrons. The third-order valence-electron chi connectivity index (χ3n) is 4.38. The van der Waals surface area contributed by atoms with Crippen molar-refractivity contribution >= 4 is 0 Å². The Bertz CT molecular complexity index is 350. The van der Waals surface area contributed by atoms with E-state index in [0.717, 1.165) is 24.2 Å². The minimum atomic E-state index is 0.354. The van der Waals surface area contributed by atoms with Gasteiger partial charge in [0.15, 0.2) is 0 Å². The standard InChI is InChI=1S/C15H27N3/c1-12-4-6-14(7-5-12)8-9-16-13(2)15-17-10-11-18(15)3/h10-14,16H,4-9H2,1-3H3. The molecule has 18 heavy (non-hydrogen) atoms. The largest absolute Gasteiger partial charge is 0.337 e. The molecule has 0 spiro atoms. The maximum atomic E-state index is 4.39. The molecular weight excluding hydrogens is 222 g/mol. The predicted octanol–water partition coefficient (Wildman–Crippen LogP) is 3.29. The molecule has 0 aromatic carbocycles. The first-order valence-corrected chi connectivity index (χ1v) is 7.37. The Morgan fingerprint density at radius 1 is 1.39 bits per heavy atom. The SMILES string of the molecule is CC1CCC(CCNC(C)c2nccn2C)CC1. The van der Waals surface area contributed by atoms with Crippen molar-refractivity contribution in [3.63, 3.8) is 0 Å². The van der Waals surface area contributed by atoms with Crippen molar-refractivity contribution in [2.24, 2.45) is 18.9 Å². The molecule has 3 nitrogen and oxygen atoms in total. The molecule has 1 aliphatic carbocycles. The average Bonchev–Trinajstić information content (AvgIpc) is 2.78. The molecular formula is C15H27N3. The molecule has 1 saturated carbocycles. The molecule has 0 bridgehead atoms. The van der Waals surface area contributed by atoms with Crippen molar-refractivity contribution in [3.05, 3.63) is 18.2 Å². The Morgan fingerprint density at radius 3 is 2.72 bits per heavy atom. The zero-order chi connectivity index (χ0) is 13.0.